The summed E-state index contributed by atoms with van der Waals surface area (Å²) in [6.07, 6.45) is 2.43. The Morgan fingerprint density at radius 1 is 1.78 bits per heavy atom. The minimum atomic E-state index is 0.865. The molecule has 0 aliphatic carbocycles. The lowest BCUT2D eigenvalue weighted by Crippen LogP contribution is -2.00. The van der Waals surface area contributed by atoms with Crippen LogP contribution >= 0.6 is 0 Å². The van der Waals surface area contributed by atoms with Gasteiger partial charge in [0, 0.05) is 6.54 Å². The molecule has 0 spiro atoms. The van der Waals surface area contributed by atoms with Gasteiger partial charge in [0.2, 0.25) is 0 Å². The van der Waals surface area contributed by atoms with E-state index in [9.17, 15) is 0 Å². The van der Waals surface area contributed by atoms with Crippen LogP contribution in [0, 0.1) is 13.8 Å². The lowest BCUT2D eigenvalue weighted by atomic mass is 10.5. The summed E-state index contributed by atoms with van der Waals surface area (Å²) in [7, 11) is 0. The van der Waals surface area contributed by atoms with Crippen molar-refractivity contribution in [3.63, 3.8) is 0 Å². The van der Waals surface area contributed by atoms with Crippen LogP contribution in [0.3, 0.4) is 0 Å². The van der Waals surface area contributed by atoms with Gasteiger partial charge in [-0.15, -0.1) is 0 Å². The number of aromatic nitrogens is 3. The summed E-state index contributed by atoms with van der Waals surface area (Å²) < 4.78 is 1.84. The van der Waals surface area contributed by atoms with E-state index in [-0.39, 0.29) is 0 Å². The summed E-state index contributed by atoms with van der Waals surface area (Å²) in [4.78, 5) is 3.96. The van der Waals surface area contributed by atoms with Crippen LogP contribution in [0.4, 0.5) is 0 Å². The van der Waals surface area contributed by atoms with Crippen molar-refractivity contribution in [3.05, 3.63) is 19.1 Å². The zero-order valence-electron chi connectivity index (χ0n) is 5.54. The average Bonchev–Trinajstić information content (AvgIpc) is 2.18. The van der Waals surface area contributed by atoms with Crippen LogP contribution in [-0.2, 0) is 6.54 Å². The third-order valence-corrected chi connectivity index (χ3v) is 1.18. The molecule has 0 N–H and O–H groups in total. The molecule has 3 nitrogen and oxygen atoms in total. The number of hydrogen-bond acceptors (Lipinski definition) is 2. The maximum Gasteiger partial charge on any atom is 0.138 e. The van der Waals surface area contributed by atoms with E-state index in [0.29, 0.717) is 0 Å². The maximum absolute atomic E-state index is 3.97. The second-order valence-corrected chi connectivity index (χ2v) is 1.88. The molecule has 9 heavy (non-hydrogen) atoms. The monoisotopic (exact) mass is 124 g/mol. The molecule has 1 radical (unpaired) electrons. The van der Waals surface area contributed by atoms with Crippen LogP contribution in [0.5, 0.6) is 0 Å². The molecule has 0 aliphatic heterocycles. The number of rotatable bonds is 2. The van der Waals surface area contributed by atoms with Crippen molar-refractivity contribution in [1.82, 2.24) is 14.8 Å². The second kappa shape index (κ2) is 2.62. The number of nitrogens with zero attached hydrogens (tertiary/aromatic N) is 3. The summed E-state index contributed by atoms with van der Waals surface area (Å²) in [5.74, 6) is 0.957. The highest BCUT2D eigenvalue weighted by molar-refractivity contribution is 4.77. The van der Waals surface area contributed by atoms with Crippen molar-refractivity contribution in [2.75, 3.05) is 0 Å². The first-order chi connectivity index (χ1) is 4.34. The van der Waals surface area contributed by atoms with Gasteiger partial charge in [0.05, 0.1) is 0 Å². The molecular weight excluding hydrogens is 114 g/mol. The Morgan fingerprint density at radius 3 is 3.00 bits per heavy atom. The molecule has 1 heterocycles. The summed E-state index contributed by atoms with van der Waals surface area (Å²) in [6.45, 7) is 6.51. The third kappa shape index (κ3) is 1.28. The summed E-state index contributed by atoms with van der Waals surface area (Å²) in [5.41, 5.74) is 0. The average molecular weight is 124 g/mol. The normalized spacial score (nSPS) is 10.0. The molecule has 0 saturated carbocycles. The SMILES string of the molecule is [CH2]CCn1ncnc1C. The molecule has 0 aliphatic rings. The molecule has 0 saturated heterocycles. The number of hydrogen-bond donors (Lipinski definition) is 0. The van der Waals surface area contributed by atoms with Crippen molar-refractivity contribution < 1.29 is 0 Å². The lowest BCUT2D eigenvalue weighted by Gasteiger charge is -1.96. The van der Waals surface area contributed by atoms with Crippen LogP contribution in [-0.4, -0.2) is 14.8 Å². The van der Waals surface area contributed by atoms with E-state index >= 15 is 0 Å². The maximum atomic E-state index is 3.97. The Balaban J connectivity index is 2.69. The van der Waals surface area contributed by atoms with E-state index in [2.05, 4.69) is 17.0 Å². The molecule has 0 bridgehead atoms. The molecule has 1 aromatic heterocycles. The summed E-state index contributed by atoms with van der Waals surface area (Å²) in [6, 6.07) is 0. The minimum Gasteiger partial charge on any atom is -0.250 e. The van der Waals surface area contributed by atoms with E-state index in [1.165, 1.54) is 0 Å². The van der Waals surface area contributed by atoms with E-state index in [0.717, 1.165) is 18.8 Å². The molecule has 1 aromatic rings. The Morgan fingerprint density at radius 2 is 2.56 bits per heavy atom. The Labute approximate surface area is 54.7 Å². The summed E-state index contributed by atoms with van der Waals surface area (Å²) >= 11 is 0. The molecule has 0 fully saturated rings. The molecular formula is C6H10N3. The molecule has 0 atom stereocenters. The lowest BCUT2D eigenvalue weighted by molar-refractivity contribution is 0.601. The molecule has 0 unspecified atom stereocenters. The van der Waals surface area contributed by atoms with Crippen molar-refractivity contribution >= 4 is 0 Å². The van der Waals surface area contributed by atoms with Gasteiger partial charge in [-0.1, -0.05) is 6.92 Å². The fourth-order valence-corrected chi connectivity index (χ4v) is 0.691. The predicted molar refractivity (Wildman–Crippen MR) is 34.7 cm³/mol. The van der Waals surface area contributed by atoms with Crippen LogP contribution in [0.2, 0.25) is 0 Å². The van der Waals surface area contributed by atoms with E-state index in [1.54, 1.807) is 6.33 Å². The highest BCUT2D eigenvalue weighted by Gasteiger charge is 1.93. The minimum absolute atomic E-state index is 0.865. The fraction of sp³-hybridized carbons (Fsp3) is 0.500. The largest absolute Gasteiger partial charge is 0.250 e. The topological polar surface area (TPSA) is 30.7 Å². The van der Waals surface area contributed by atoms with Gasteiger partial charge in [0.1, 0.15) is 12.2 Å². The predicted octanol–water partition coefficient (Wildman–Crippen LogP) is 0.811. The van der Waals surface area contributed by atoms with Gasteiger partial charge in [-0.05, 0) is 13.3 Å². The first kappa shape index (κ1) is 6.26. The van der Waals surface area contributed by atoms with Gasteiger partial charge in [0.15, 0.2) is 0 Å². The van der Waals surface area contributed by atoms with Crippen molar-refractivity contribution in [3.8, 4) is 0 Å². The van der Waals surface area contributed by atoms with Gasteiger partial charge in [-0.2, -0.15) is 5.10 Å². The van der Waals surface area contributed by atoms with Gasteiger partial charge >= 0.3 is 0 Å². The molecule has 0 amide bonds. The van der Waals surface area contributed by atoms with E-state index in [4.69, 9.17) is 0 Å². The first-order valence-electron chi connectivity index (χ1n) is 2.98. The molecule has 0 aromatic carbocycles. The van der Waals surface area contributed by atoms with Gasteiger partial charge in [-0.25, -0.2) is 4.98 Å². The van der Waals surface area contributed by atoms with Crippen LogP contribution in [0.15, 0.2) is 6.33 Å². The highest BCUT2D eigenvalue weighted by atomic mass is 15.3. The summed E-state index contributed by atoms with van der Waals surface area (Å²) in [5, 5.41) is 3.97. The Kier molecular flexibility index (Phi) is 1.82. The van der Waals surface area contributed by atoms with Crippen molar-refractivity contribution in [1.29, 1.82) is 0 Å². The standard InChI is InChI=1S/C6H10N3/c1-3-4-9-6(2)7-5-8-9/h5H,1,3-4H2,2H3. The number of aryl methyl sites for hydroxylation is 2. The first-order valence-corrected chi connectivity index (χ1v) is 2.98. The van der Waals surface area contributed by atoms with E-state index < -0.39 is 0 Å². The van der Waals surface area contributed by atoms with Crippen molar-refractivity contribution in [2.24, 2.45) is 0 Å². The zero-order valence-corrected chi connectivity index (χ0v) is 5.54. The quantitative estimate of drug-likeness (QED) is 0.584. The third-order valence-electron chi connectivity index (χ3n) is 1.18. The molecule has 49 valence electrons. The van der Waals surface area contributed by atoms with Crippen LogP contribution in [0.25, 0.3) is 0 Å². The van der Waals surface area contributed by atoms with Gasteiger partial charge in [0.25, 0.3) is 0 Å². The van der Waals surface area contributed by atoms with Crippen LogP contribution < -0.4 is 0 Å². The Hall–Kier alpha value is -0.860. The molecule has 1 rings (SSSR count). The highest BCUT2D eigenvalue weighted by Crippen LogP contribution is 1.91. The molecule has 3 heteroatoms. The zero-order chi connectivity index (χ0) is 6.69. The van der Waals surface area contributed by atoms with Crippen LogP contribution in [0.1, 0.15) is 12.2 Å². The van der Waals surface area contributed by atoms with Gasteiger partial charge in [-0.3, -0.25) is 4.68 Å². The van der Waals surface area contributed by atoms with Gasteiger partial charge < -0.3 is 0 Å². The fourth-order valence-electron chi connectivity index (χ4n) is 0.691. The Bertz CT molecular complexity index is 180. The van der Waals surface area contributed by atoms with Crippen molar-refractivity contribution in [2.45, 2.75) is 19.9 Å². The second-order valence-electron chi connectivity index (χ2n) is 1.88. The smallest absolute Gasteiger partial charge is 0.138 e. The van der Waals surface area contributed by atoms with E-state index in [1.807, 2.05) is 11.6 Å².